The van der Waals surface area contributed by atoms with Crippen molar-refractivity contribution in [2.75, 3.05) is 13.1 Å². The number of ketones is 1. The van der Waals surface area contributed by atoms with Crippen molar-refractivity contribution in [3.63, 3.8) is 0 Å². The molecule has 0 aliphatic carbocycles. The van der Waals surface area contributed by atoms with E-state index in [1.54, 1.807) is 6.92 Å². The van der Waals surface area contributed by atoms with E-state index in [0.29, 0.717) is 5.57 Å². The normalized spacial score (nSPS) is 16.3. The number of rotatable bonds is 1. The highest BCUT2D eigenvalue weighted by Crippen LogP contribution is 2.24. The number of carbonyl (C=O) groups is 2. The molecule has 1 heterocycles. The Balaban J connectivity index is 2.40. The van der Waals surface area contributed by atoms with Crippen LogP contribution in [0, 0.1) is 0 Å². The molecule has 0 bridgehead atoms. The second kappa shape index (κ2) is 4.41. The average Bonchev–Trinajstić information content (AvgIpc) is 2.33. The van der Waals surface area contributed by atoms with Crippen molar-refractivity contribution in [2.24, 2.45) is 0 Å². The number of hydrogen-bond donors (Lipinski definition) is 1. The first kappa shape index (κ1) is 11.4. The highest BCUT2D eigenvalue weighted by Gasteiger charge is 2.26. The van der Waals surface area contributed by atoms with Gasteiger partial charge in [0, 0.05) is 0 Å². The minimum atomic E-state index is -1.06. The Hall–Kier alpha value is -2.10. The molecule has 1 aliphatic rings. The topological polar surface area (TPSA) is 57.6 Å². The predicted molar refractivity (Wildman–Crippen MR) is 63.6 cm³/mol. The lowest BCUT2D eigenvalue weighted by Crippen LogP contribution is -2.40. The van der Waals surface area contributed by atoms with Crippen molar-refractivity contribution in [1.82, 2.24) is 4.90 Å². The van der Waals surface area contributed by atoms with E-state index in [1.807, 2.05) is 30.3 Å². The number of benzene rings is 1. The van der Waals surface area contributed by atoms with Gasteiger partial charge in [-0.05, 0) is 23.6 Å². The molecule has 0 radical (unpaired) electrons. The minimum Gasteiger partial charge on any atom is -0.465 e. The maximum atomic E-state index is 11.7. The molecule has 2 rings (SSSR count). The maximum absolute atomic E-state index is 11.7. The Kier molecular flexibility index (Phi) is 2.95. The fourth-order valence-electron chi connectivity index (χ4n) is 1.91. The lowest BCUT2D eigenvalue weighted by atomic mass is 9.94. The summed E-state index contributed by atoms with van der Waals surface area (Å²) in [6, 6.07) is 9.41. The van der Waals surface area contributed by atoms with Crippen LogP contribution in [-0.2, 0) is 4.79 Å². The Labute approximate surface area is 99.2 Å². The maximum Gasteiger partial charge on any atom is 0.408 e. The molecule has 0 saturated carbocycles. The van der Waals surface area contributed by atoms with Crippen molar-refractivity contribution in [3.05, 3.63) is 41.5 Å². The molecule has 0 saturated heterocycles. The van der Waals surface area contributed by atoms with Gasteiger partial charge < -0.3 is 5.11 Å². The quantitative estimate of drug-likeness (QED) is 0.804. The SMILES string of the molecule is CC1=C(c2ccccc2)CN(C(=O)O)CC1=O. The minimum absolute atomic E-state index is 0.0441. The highest BCUT2D eigenvalue weighted by molar-refractivity contribution is 6.06. The van der Waals surface area contributed by atoms with E-state index in [2.05, 4.69) is 0 Å². The van der Waals surface area contributed by atoms with E-state index < -0.39 is 6.09 Å². The third-order valence-electron chi connectivity index (χ3n) is 2.95. The standard InChI is InChI=1S/C13H13NO3/c1-9-11(10-5-3-2-4-6-10)7-14(13(16)17)8-12(9)15/h2-6H,7-8H2,1H3,(H,16,17). The van der Waals surface area contributed by atoms with Crippen LogP contribution in [0.2, 0.25) is 0 Å². The zero-order valence-corrected chi connectivity index (χ0v) is 9.51. The average molecular weight is 231 g/mol. The molecular formula is C13H13NO3. The summed E-state index contributed by atoms with van der Waals surface area (Å²) in [4.78, 5) is 23.8. The second-order valence-corrected chi connectivity index (χ2v) is 4.03. The van der Waals surface area contributed by atoms with Gasteiger partial charge in [-0.25, -0.2) is 4.79 Å². The number of amides is 1. The van der Waals surface area contributed by atoms with Crippen molar-refractivity contribution in [3.8, 4) is 0 Å². The van der Waals surface area contributed by atoms with Gasteiger partial charge in [-0.1, -0.05) is 30.3 Å². The van der Waals surface area contributed by atoms with E-state index in [9.17, 15) is 9.59 Å². The predicted octanol–water partition coefficient (Wildman–Crippen LogP) is 2.02. The number of Topliss-reactive ketones (excluding diaryl/α,β-unsaturated/α-hetero) is 1. The van der Waals surface area contributed by atoms with Crippen LogP contribution in [0.3, 0.4) is 0 Å². The van der Waals surface area contributed by atoms with Crippen LogP contribution in [-0.4, -0.2) is 35.0 Å². The third-order valence-corrected chi connectivity index (χ3v) is 2.95. The first-order valence-electron chi connectivity index (χ1n) is 5.36. The summed E-state index contributed by atoms with van der Waals surface area (Å²) in [5, 5.41) is 8.96. The van der Waals surface area contributed by atoms with Crippen LogP contribution in [0.1, 0.15) is 12.5 Å². The van der Waals surface area contributed by atoms with Crippen LogP contribution in [0.4, 0.5) is 4.79 Å². The van der Waals surface area contributed by atoms with Crippen molar-refractivity contribution in [1.29, 1.82) is 0 Å². The lowest BCUT2D eigenvalue weighted by molar-refractivity contribution is -0.116. The largest absolute Gasteiger partial charge is 0.465 e. The first-order chi connectivity index (χ1) is 8.09. The van der Waals surface area contributed by atoms with Gasteiger partial charge in [-0.3, -0.25) is 9.69 Å². The molecule has 1 aliphatic heterocycles. The Morgan fingerprint density at radius 2 is 1.88 bits per heavy atom. The van der Waals surface area contributed by atoms with E-state index >= 15 is 0 Å². The van der Waals surface area contributed by atoms with Gasteiger partial charge in [0.1, 0.15) is 0 Å². The van der Waals surface area contributed by atoms with Crippen LogP contribution in [0.5, 0.6) is 0 Å². The van der Waals surface area contributed by atoms with Crippen molar-refractivity contribution < 1.29 is 14.7 Å². The molecule has 1 amide bonds. The molecule has 17 heavy (non-hydrogen) atoms. The van der Waals surface area contributed by atoms with Crippen LogP contribution in [0.25, 0.3) is 5.57 Å². The molecule has 0 spiro atoms. The van der Waals surface area contributed by atoms with Crippen molar-refractivity contribution >= 4 is 17.4 Å². The van der Waals surface area contributed by atoms with Gasteiger partial charge in [-0.2, -0.15) is 0 Å². The summed E-state index contributed by atoms with van der Waals surface area (Å²) in [6.07, 6.45) is -1.06. The summed E-state index contributed by atoms with van der Waals surface area (Å²) >= 11 is 0. The Morgan fingerprint density at radius 1 is 1.24 bits per heavy atom. The number of hydrogen-bond acceptors (Lipinski definition) is 2. The second-order valence-electron chi connectivity index (χ2n) is 4.03. The fourth-order valence-corrected chi connectivity index (χ4v) is 1.91. The molecule has 4 heteroatoms. The van der Waals surface area contributed by atoms with Gasteiger partial charge in [0.25, 0.3) is 0 Å². The fraction of sp³-hybridized carbons (Fsp3) is 0.231. The molecule has 88 valence electrons. The van der Waals surface area contributed by atoms with Gasteiger partial charge in [0.15, 0.2) is 5.78 Å². The number of carbonyl (C=O) groups excluding carboxylic acids is 1. The van der Waals surface area contributed by atoms with Crippen LogP contribution in [0.15, 0.2) is 35.9 Å². The highest BCUT2D eigenvalue weighted by atomic mass is 16.4. The molecular weight excluding hydrogens is 218 g/mol. The molecule has 1 aromatic carbocycles. The van der Waals surface area contributed by atoms with Gasteiger partial charge >= 0.3 is 6.09 Å². The van der Waals surface area contributed by atoms with Crippen molar-refractivity contribution in [2.45, 2.75) is 6.92 Å². The summed E-state index contributed by atoms with van der Waals surface area (Å²) in [6.45, 7) is 1.98. The smallest absolute Gasteiger partial charge is 0.408 e. The van der Waals surface area contributed by atoms with Crippen LogP contribution >= 0.6 is 0 Å². The Bertz CT molecular complexity index is 491. The monoisotopic (exact) mass is 231 g/mol. The van der Waals surface area contributed by atoms with Gasteiger partial charge in [-0.15, -0.1) is 0 Å². The molecule has 1 N–H and O–H groups in total. The van der Waals surface area contributed by atoms with Gasteiger partial charge in [0.05, 0.1) is 13.1 Å². The third kappa shape index (κ3) is 2.20. The van der Waals surface area contributed by atoms with E-state index in [1.165, 1.54) is 0 Å². The molecule has 0 fully saturated rings. The summed E-state index contributed by atoms with van der Waals surface area (Å²) in [5.74, 6) is -0.127. The number of nitrogens with zero attached hydrogens (tertiary/aromatic N) is 1. The molecule has 0 aromatic heterocycles. The summed E-state index contributed by atoms with van der Waals surface area (Å²) in [7, 11) is 0. The van der Waals surface area contributed by atoms with E-state index in [0.717, 1.165) is 16.0 Å². The summed E-state index contributed by atoms with van der Waals surface area (Å²) in [5.41, 5.74) is 2.36. The van der Waals surface area contributed by atoms with E-state index in [-0.39, 0.29) is 18.9 Å². The zero-order valence-electron chi connectivity index (χ0n) is 9.51. The molecule has 1 aromatic rings. The van der Waals surface area contributed by atoms with Gasteiger partial charge in [0.2, 0.25) is 0 Å². The lowest BCUT2D eigenvalue weighted by Gasteiger charge is -2.26. The van der Waals surface area contributed by atoms with Crippen LogP contribution < -0.4 is 0 Å². The zero-order chi connectivity index (χ0) is 12.4. The number of carboxylic acid groups (broad SMARTS) is 1. The first-order valence-corrected chi connectivity index (χ1v) is 5.36. The molecule has 0 unspecified atom stereocenters. The van der Waals surface area contributed by atoms with E-state index in [4.69, 9.17) is 5.11 Å². The molecule has 4 nitrogen and oxygen atoms in total. The molecule has 0 atom stereocenters. The Morgan fingerprint density at radius 3 is 2.47 bits per heavy atom. The summed E-state index contributed by atoms with van der Waals surface area (Å²) < 4.78 is 0.